The molecule has 19 heavy (non-hydrogen) atoms. The number of halogens is 2. The Kier molecular flexibility index (Phi) is 4.52. The van der Waals surface area contributed by atoms with Crippen LogP contribution in [-0.4, -0.2) is 11.0 Å². The summed E-state index contributed by atoms with van der Waals surface area (Å²) in [6.07, 6.45) is 5.47. The van der Waals surface area contributed by atoms with Gasteiger partial charge < -0.3 is 10.7 Å². The van der Waals surface area contributed by atoms with Crippen LogP contribution < -0.4 is 16.6 Å². The van der Waals surface area contributed by atoms with Crippen molar-refractivity contribution in [3.8, 4) is 0 Å². The quantitative estimate of drug-likeness (QED) is 0.581. The van der Waals surface area contributed by atoms with Gasteiger partial charge in [-0.1, -0.05) is 26.2 Å². The molecule has 1 fully saturated rings. The zero-order valence-electron chi connectivity index (χ0n) is 11.0. The van der Waals surface area contributed by atoms with E-state index in [9.17, 15) is 8.78 Å². The fourth-order valence-electron chi connectivity index (χ4n) is 2.66. The van der Waals surface area contributed by atoms with Gasteiger partial charge in [0.1, 0.15) is 0 Å². The standard InChI is InChI=1S/C13H20F2N4/c1-2-8-4-3-5-9(6-8)17-12-10(14)7-11(15)13(18-12)19-16/h7-9H,2-6,16H2,1H3,(H2,17,18,19). The number of nitrogens with one attached hydrogen (secondary N) is 2. The predicted octanol–water partition coefficient (Wildman–Crippen LogP) is 3.03. The minimum absolute atomic E-state index is 0.0658. The molecule has 2 unspecified atom stereocenters. The lowest BCUT2D eigenvalue weighted by Gasteiger charge is -2.29. The van der Waals surface area contributed by atoms with Crippen LogP contribution in [0.3, 0.4) is 0 Å². The average molecular weight is 270 g/mol. The van der Waals surface area contributed by atoms with Gasteiger partial charge >= 0.3 is 0 Å². The van der Waals surface area contributed by atoms with Gasteiger partial charge in [-0.3, -0.25) is 0 Å². The maximum atomic E-state index is 13.7. The molecule has 0 radical (unpaired) electrons. The minimum atomic E-state index is -0.791. The molecule has 2 atom stereocenters. The van der Waals surface area contributed by atoms with E-state index in [0.717, 1.165) is 31.7 Å². The van der Waals surface area contributed by atoms with Gasteiger partial charge in [-0.15, -0.1) is 0 Å². The highest BCUT2D eigenvalue weighted by atomic mass is 19.1. The molecule has 1 aromatic heterocycles. The van der Waals surface area contributed by atoms with Gasteiger partial charge in [-0.25, -0.2) is 19.6 Å². The number of hydrogen-bond donors (Lipinski definition) is 3. The van der Waals surface area contributed by atoms with Crippen LogP contribution in [0.15, 0.2) is 6.07 Å². The van der Waals surface area contributed by atoms with Crippen LogP contribution in [0.2, 0.25) is 0 Å². The maximum Gasteiger partial charge on any atom is 0.178 e. The van der Waals surface area contributed by atoms with Crippen molar-refractivity contribution < 1.29 is 8.78 Å². The van der Waals surface area contributed by atoms with Crippen LogP contribution in [0.4, 0.5) is 20.4 Å². The number of aromatic nitrogens is 1. The van der Waals surface area contributed by atoms with Gasteiger partial charge in [0, 0.05) is 12.1 Å². The highest BCUT2D eigenvalue weighted by Gasteiger charge is 2.22. The van der Waals surface area contributed by atoms with E-state index in [0.29, 0.717) is 5.92 Å². The molecule has 0 amide bonds. The number of anilines is 2. The van der Waals surface area contributed by atoms with Crippen LogP contribution >= 0.6 is 0 Å². The Balaban J connectivity index is 2.10. The van der Waals surface area contributed by atoms with Crippen LogP contribution in [-0.2, 0) is 0 Å². The first-order chi connectivity index (χ1) is 9.13. The molecule has 0 aliphatic heterocycles. The first kappa shape index (κ1) is 14.0. The third-order valence-electron chi connectivity index (χ3n) is 3.77. The summed E-state index contributed by atoms with van der Waals surface area (Å²) in [4.78, 5) is 3.84. The van der Waals surface area contributed by atoms with Crippen molar-refractivity contribution in [1.29, 1.82) is 0 Å². The summed E-state index contributed by atoms with van der Waals surface area (Å²) in [7, 11) is 0. The number of hydrogen-bond acceptors (Lipinski definition) is 4. The Morgan fingerprint density at radius 1 is 1.32 bits per heavy atom. The second-order valence-corrected chi connectivity index (χ2v) is 5.08. The molecule has 0 aromatic carbocycles. The number of nitrogens with zero attached hydrogens (tertiary/aromatic N) is 1. The molecular formula is C13H20F2N4. The van der Waals surface area contributed by atoms with Crippen molar-refractivity contribution in [1.82, 2.24) is 4.98 Å². The summed E-state index contributed by atoms with van der Waals surface area (Å²) in [5, 5.41) is 3.07. The second-order valence-electron chi connectivity index (χ2n) is 5.08. The Morgan fingerprint density at radius 3 is 2.74 bits per heavy atom. The first-order valence-corrected chi connectivity index (χ1v) is 6.73. The summed E-state index contributed by atoms with van der Waals surface area (Å²) < 4.78 is 26.9. The Morgan fingerprint density at radius 2 is 2.05 bits per heavy atom. The van der Waals surface area contributed by atoms with Crippen LogP contribution in [0, 0.1) is 17.6 Å². The predicted molar refractivity (Wildman–Crippen MR) is 71.6 cm³/mol. The van der Waals surface area contributed by atoms with Gasteiger partial charge in [0.15, 0.2) is 23.3 Å². The fraction of sp³-hybridized carbons (Fsp3) is 0.615. The van der Waals surface area contributed by atoms with Crippen molar-refractivity contribution in [3.05, 3.63) is 17.7 Å². The molecule has 6 heteroatoms. The normalized spacial score (nSPS) is 23.2. The summed E-state index contributed by atoms with van der Waals surface area (Å²) >= 11 is 0. The molecule has 0 spiro atoms. The maximum absolute atomic E-state index is 13.7. The highest BCUT2D eigenvalue weighted by molar-refractivity contribution is 5.47. The molecule has 4 nitrogen and oxygen atoms in total. The smallest absolute Gasteiger partial charge is 0.178 e. The highest BCUT2D eigenvalue weighted by Crippen LogP contribution is 2.29. The van der Waals surface area contributed by atoms with E-state index in [1.807, 2.05) is 0 Å². The average Bonchev–Trinajstić information content (AvgIpc) is 2.42. The van der Waals surface area contributed by atoms with Gasteiger partial charge in [-0.05, 0) is 18.8 Å². The fourth-order valence-corrected chi connectivity index (χ4v) is 2.66. The molecular weight excluding hydrogens is 250 g/mol. The van der Waals surface area contributed by atoms with Crippen molar-refractivity contribution in [2.24, 2.45) is 11.8 Å². The Hall–Kier alpha value is -1.43. The van der Waals surface area contributed by atoms with E-state index in [2.05, 4.69) is 22.7 Å². The van der Waals surface area contributed by atoms with Crippen molar-refractivity contribution >= 4 is 11.6 Å². The Bertz CT molecular complexity index is 439. The molecule has 1 aliphatic rings. The summed E-state index contributed by atoms with van der Waals surface area (Å²) in [5.41, 5.74) is 2.13. The number of rotatable bonds is 4. The molecule has 0 bridgehead atoms. The molecule has 106 valence electrons. The van der Waals surface area contributed by atoms with E-state index in [1.54, 1.807) is 0 Å². The van der Waals surface area contributed by atoms with Crippen molar-refractivity contribution in [2.75, 3.05) is 10.7 Å². The SMILES string of the molecule is CCC1CCCC(Nc2nc(NN)c(F)cc2F)C1. The topological polar surface area (TPSA) is 63.0 Å². The molecule has 4 N–H and O–H groups in total. The minimum Gasteiger partial charge on any atom is -0.365 e. The number of pyridine rings is 1. The summed E-state index contributed by atoms with van der Waals surface area (Å²) in [5.74, 6) is 4.26. The third kappa shape index (κ3) is 3.32. The summed E-state index contributed by atoms with van der Waals surface area (Å²) in [6.45, 7) is 2.17. The van der Waals surface area contributed by atoms with Gasteiger partial charge in [0.2, 0.25) is 0 Å². The zero-order valence-corrected chi connectivity index (χ0v) is 11.0. The van der Waals surface area contributed by atoms with E-state index >= 15 is 0 Å². The largest absolute Gasteiger partial charge is 0.365 e. The Labute approximate surface area is 111 Å². The monoisotopic (exact) mass is 270 g/mol. The van der Waals surface area contributed by atoms with E-state index in [-0.39, 0.29) is 17.7 Å². The molecule has 0 saturated heterocycles. The van der Waals surface area contributed by atoms with E-state index < -0.39 is 11.6 Å². The lowest BCUT2D eigenvalue weighted by Crippen LogP contribution is -2.28. The van der Waals surface area contributed by atoms with Crippen LogP contribution in [0.25, 0.3) is 0 Å². The van der Waals surface area contributed by atoms with E-state index in [4.69, 9.17) is 5.84 Å². The van der Waals surface area contributed by atoms with Crippen LogP contribution in [0.5, 0.6) is 0 Å². The van der Waals surface area contributed by atoms with Gasteiger partial charge in [-0.2, -0.15) is 0 Å². The zero-order chi connectivity index (χ0) is 13.8. The van der Waals surface area contributed by atoms with Gasteiger partial charge in [0.05, 0.1) is 0 Å². The molecule has 1 saturated carbocycles. The molecule has 1 heterocycles. The first-order valence-electron chi connectivity index (χ1n) is 6.73. The van der Waals surface area contributed by atoms with Crippen molar-refractivity contribution in [2.45, 2.75) is 45.1 Å². The number of nitrogens with two attached hydrogens (primary N) is 1. The number of hydrazine groups is 1. The molecule has 1 aliphatic carbocycles. The van der Waals surface area contributed by atoms with Crippen LogP contribution in [0.1, 0.15) is 39.0 Å². The lowest BCUT2D eigenvalue weighted by molar-refractivity contribution is 0.326. The third-order valence-corrected chi connectivity index (χ3v) is 3.77. The second kappa shape index (κ2) is 6.14. The lowest BCUT2D eigenvalue weighted by atomic mass is 9.84. The molecule has 1 aromatic rings. The van der Waals surface area contributed by atoms with E-state index in [1.165, 1.54) is 6.42 Å². The van der Waals surface area contributed by atoms with Crippen molar-refractivity contribution in [3.63, 3.8) is 0 Å². The summed E-state index contributed by atoms with van der Waals surface area (Å²) in [6, 6.07) is 0.988. The van der Waals surface area contributed by atoms with Gasteiger partial charge in [0.25, 0.3) is 0 Å². The number of nitrogen functional groups attached to an aromatic ring is 1. The molecule has 2 rings (SSSR count).